The molecular formula is C20H16N4O3. The summed E-state index contributed by atoms with van der Waals surface area (Å²) in [5.74, 6) is -0.931. The molecule has 3 aromatic carbocycles. The third-order valence-electron chi connectivity index (χ3n) is 3.83. The van der Waals surface area contributed by atoms with Gasteiger partial charge in [0.2, 0.25) is 5.96 Å². The van der Waals surface area contributed by atoms with Crippen molar-refractivity contribution in [1.82, 2.24) is 5.32 Å². The maximum absolute atomic E-state index is 12.6. The standard InChI is InChI=1S/C20H16N4O3/c21-20(22-19(25)17-13-7-8-14-18(17)24(26)27)23(15-9-3-1-4-10-15)16-11-5-2-6-12-16/h1-14H,(H2,21,22,25). The van der Waals surface area contributed by atoms with Crippen LogP contribution >= 0.6 is 0 Å². The van der Waals surface area contributed by atoms with E-state index >= 15 is 0 Å². The van der Waals surface area contributed by atoms with Gasteiger partial charge in [0.25, 0.3) is 11.6 Å². The van der Waals surface area contributed by atoms with Gasteiger partial charge in [0.15, 0.2) is 0 Å². The molecule has 27 heavy (non-hydrogen) atoms. The van der Waals surface area contributed by atoms with Crippen LogP contribution in [0.1, 0.15) is 10.4 Å². The molecule has 0 saturated carbocycles. The first-order valence-electron chi connectivity index (χ1n) is 8.11. The molecule has 0 saturated heterocycles. The van der Waals surface area contributed by atoms with E-state index in [1.54, 1.807) is 29.2 Å². The molecule has 0 heterocycles. The fourth-order valence-corrected chi connectivity index (χ4v) is 2.62. The van der Waals surface area contributed by atoms with Gasteiger partial charge in [-0.25, -0.2) is 0 Å². The lowest BCUT2D eigenvalue weighted by Crippen LogP contribution is -2.41. The molecule has 0 atom stereocenters. The molecule has 0 aliphatic heterocycles. The number of amides is 1. The van der Waals surface area contributed by atoms with Gasteiger partial charge in [0, 0.05) is 17.4 Å². The van der Waals surface area contributed by atoms with Crippen LogP contribution < -0.4 is 10.2 Å². The second-order valence-electron chi connectivity index (χ2n) is 5.58. The van der Waals surface area contributed by atoms with Crippen molar-refractivity contribution in [3.05, 3.63) is 101 Å². The lowest BCUT2D eigenvalue weighted by atomic mass is 10.1. The van der Waals surface area contributed by atoms with Crippen LogP contribution in [0.3, 0.4) is 0 Å². The van der Waals surface area contributed by atoms with Gasteiger partial charge in [-0.3, -0.25) is 30.5 Å². The zero-order valence-corrected chi connectivity index (χ0v) is 14.2. The number of hydrogen-bond acceptors (Lipinski definition) is 4. The molecular weight excluding hydrogens is 344 g/mol. The van der Waals surface area contributed by atoms with Crippen LogP contribution in [0.25, 0.3) is 0 Å². The van der Waals surface area contributed by atoms with Crippen LogP contribution in [-0.4, -0.2) is 16.8 Å². The molecule has 0 bridgehead atoms. The summed E-state index contributed by atoms with van der Waals surface area (Å²) < 4.78 is 0. The first kappa shape index (κ1) is 17.8. The van der Waals surface area contributed by atoms with Crippen molar-refractivity contribution in [2.45, 2.75) is 0 Å². The third kappa shape index (κ3) is 3.98. The maximum atomic E-state index is 12.6. The van der Waals surface area contributed by atoms with Crippen LogP contribution in [0.4, 0.5) is 17.1 Å². The largest absolute Gasteiger partial charge is 0.292 e. The van der Waals surface area contributed by atoms with Gasteiger partial charge >= 0.3 is 0 Å². The lowest BCUT2D eigenvalue weighted by Gasteiger charge is -2.25. The maximum Gasteiger partial charge on any atom is 0.282 e. The molecule has 2 N–H and O–H groups in total. The molecule has 0 fully saturated rings. The molecule has 0 unspecified atom stereocenters. The van der Waals surface area contributed by atoms with Gasteiger partial charge in [-0.15, -0.1) is 0 Å². The van der Waals surface area contributed by atoms with E-state index < -0.39 is 10.8 Å². The normalized spacial score (nSPS) is 10.1. The van der Waals surface area contributed by atoms with Crippen molar-refractivity contribution in [2.24, 2.45) is 0 Å². The van der Waals surface area contributed by atoms with Crippen LogP contribution in [-0.2, 0) is 0 Å². The molecule has 0 spiro atoms. The number of anilines is 2. The second kappa shape index (κ2) is 7.92. The summed E-state index contributed by atoms with van der Waals surface area (Å²) in [7, 11) is 0. The summed E-state index contributed by atoms with van der Waals surface area (Å²) in [5.41, 5.74) is 0.940. The fraction of sp³-hybridized carbons (Fsp3) is 0. The molecule has 0 radical (unpaired) electrons. The average molecular weight is 360 g/mol. The topological polar surface area (TPSA) is 99.3 Å². The van der Waals surface area contributed by atoms with Crippen molar-refractivity contribution >= 4 is 28.9 Å². The predicted molar refractivity (Wildman–Crippen MR) is 103 cm³/mol. The van der Waals surface area contributed by atoms with E-state index in [0.29, 0.717) is 11.4 Å². The number of hydrogen-bond donors (Lipinski definition) is 2. The zero-order chi connectivity index (χ0) is 19.2. The summed E-state index contributed by atoms with van der Waals surface area (Å²) >= 11 is 0. The highest BCUT2D eigenvalue weighted by molar-refractivity contribution is 6.13. The molecule has 0 aliphatic rings. The van der Waals surface area contributed by atoms with Crippen LogP contribution in [0, 0.1) is 15.5 Å². The van der Waals surface area contributed by atoms with Gasteiger partial charge in [-0.05, 0) is 30.3 Å². The van der Waals surface area contributed by atoms with Crippen molar-refractivity contribution in [1.29, 1.82) is 5.41 Å². The zero-order valence-electron chi connectivity index (χ0n) is 14.2. The number of nitro benzene ring substituents is 1. The Morgan fingerprint density at radius 2 is 1.33 bits per heavy atom. The quantitative estimate of drug-likeness (QED) is 0.317. The summed E-state index contributed by atoms with van der Waals surface area (Å²) in [6.07, 6.45) is 0. The summed E-state index contributed by atoms with van der Waals surface area (Å²) in [6, 6.07) is 23.8. The molecule has 7 nitrogen and oxygen atoms in total. The number of nitro groups is 1. The van der Waals surface area contributed by atoms with E-state index in [1.807, 2.05) is 36.4 Å². The van der Waals surface area contributed by atoms with E-state index in [2.05, 4.69) is 5.32 Å². The third-order valence-corrected chi connectivity index (χ3v) is 3.83. The average Bonchev–Trinajstić information content (AvgIpc) is 2.69. The highest BCUT2D eigenvalue weighted by Crippen LogP contribution is 2.25. The Labute approximate surface area is 155 Å². The highest BCUT2D eigenvalue weighted by atomic mass is 16.6. The van der Waals surface area contributed by atoms with Gasteiger partial charge in [-0.1, -0.05) is 48.5 Å². The summed E-state index contributed by atoms with van der Waals surface area (Å²) in [5, 5.41) is 22.0. The molecule has 0 aromatic heterocycles. The molecule has 0 aliphatic carbocycles. The predicted octanol–water partition coefficient (Wildman–Crippen LogP) is 4.10. The van der Waals surface area contributed by atoms with Gasteiger partial charge in [0.1, 0.15) is 5.56 Å². The van der Waals surface area contributed by atoms with E-state index in [9.17, 15) is 14.9 Å². The smallest absolute Gasteiger partial charge is 0.282 e. The number of nitrogens with one attached hydrogen (secondary N) is 2. The monoisotopic (exact) mass is 360 g/mol. The van der Waals surface area contributed by atoms with E-state index in [0.717, 1.165) is 0 Å². The number of guanidine groups is 1. The number of rotatable bonds is 4. The van der Waals surface area contributed by atoms with Crippen molar-refractivity contribution < 1.29 is 9.72 Å². The van der Waals surface area contributed by atoms with Crippen LogP contribution in [0.2, 0.25) is 0 Å². The minimum absolute atomic E-state index is 0.103. The minimum Gasteiger partial charge on any atom is -0.292 e. The Hall–Kier alpha value is -4.00. The summed E-state index contributed by atoms with van der Waals surface area (Å²) in [6.45, 7) is 0. The first-order valence-corrected chi connectivity index (χ1v) is 8.11. The number of nitrogens with zero attached hydrogens (tertiary/aromatic N) is 2. The first-order chi connectivity index (χ1) is 13.1. The van der Waals surface area contributed by atoms with Crippen molar-refractivity contribution in [3.8, 4) is 0 Å². The Balaban J connectivity index is 1.92. The number of carbonyl (C=O) groups excluding carboxylic acids is 1. The minimum atomic E-state index is -0.718. The Morgan fingerprint density at radius 3 is 1.85 bits per heavy atom. The molecule has 134 valence electrons. The molecule has 3 rings (SSSR count). The fourth-order valence-electron chi connectivity index (χ4n) is 2.62. The van der Waals surface area contributed by atoms with E-state index in [1.165, 1.54) is 24.3 Å². The summed E-state index contributed by atoms with van der Waals surface area (Å²) in [4.78, 5) is 24.6. The number of benzene rings is 3. The van der Waals surface area contributed by atoms with Gasteiger partial charge in [-0.2, -0.15) is 0 Å². The molecule has 1 amide bonds. The van der Waals surface area contributed by atoms with Gasteiger partial charge < -0.3 is 0 Å². The van der Waals surface area contributed by atoms with Crippen molar-refractivity contribution in [3.63, 3.8) is 0 Å². The molecule has 3 aromatic rings. The molecule has 7 heteroatoms. The highest BCUT2D eigenvalue weighted by Gasteiger charge is 2.22. The Morgan fingerprint density at radius 1 is 0.852 bits per heavy atom. The van der Waals surface area contributed by atoms with Gasteiger partial charge in [0.05, 0.1) is 4.92 Å². The SMILES string of the molecule is N=C(NC(=O)c1ccccc1[N+](=O)[O-])N(c1ccccc1)c1ccccc1. The van der Waals surface area contributed by atoms with Crippen LogP contribution in [0.5, 0.6) is 0 Å². The Kier molecular flexibility index (Phi) is 5.22. The number of carbonyl (C=O) groups is 1. The van der Waals surface area contributed by atoms with Crippen LogP contribution in [0.15, 0.2) is 84.9 Å². The lowest BCUT2D eigenvalue weighted by molar-refractivity contribution is -0.385. The Bertz CT molecular complexity index is 935. The van der Waals surface area contributed by atoms with Crippen molar-refractivity contribution in [2.75, 3.05) is 4.90 Å². The number of para-hydroxylation sites is 3. The second-order valence-corrected chi connectivity index (χ2v) is 5.58. The van der Waals surface area contributed by atoms with E-state index in [4.69, 9.17) is 5.41 Å². The van der Waals surface area contributed by atoms with E-state index in [-0.39, 0.29) is 17.2 Å².